The zero-order valence-electron chi connectivity index (χ0n) is 12.9. The lowest BCUT2D eigenvalue weighted by Gasteiger charge is -2.23. The van der Waals surface area contributed by atoms with E-state index in [1.165, 1.54) is 30.2 Å². The van der Waals surface area contributed by atoms with Gasteiger partial charge in [0.25, 0.3) is 5.91 Å². The fraction of sp³-hybridized carbons (Fsp3) is 0.375. The molecule has 0 spiro atoms. The molecule has 128 valence electrons. The van der Waals surface area contributed by atoms with Crippen LogP contribution in [0, 0.1) is 11.2 Å². The van der Waals surface area contributed by atoms with Crippen LogP contribution < -0.4 is 0 Å². The maximum absolute atomic E-state index is 13.4. The van der Waals surface area contributed by atoms with E-state index >= 15 is 0 Å². The van der Waals surface area contributed by atoms with E-state index in [-0.39, 0.29) is 30.4 Å². The van der Waals surface area contributed by atoms with Crippen molar-refractivity contribution in [2.45, 2.75) is 6.42 Å². The first kappa shape index (κ1) is 16.7. The van der Waals surface area contributed by atoms with Gasteiger partial charge < -0.3 is 19.7 Å². The Morgan fingerprint density at radius 1 is 1.50 bits per heavy atom. The first-order valence-corrected chi connectivity index (χ1v) is 7.74. The Kier molecular flexibility index (Phi) is 4.23. The molecule has 2 N–H and O–H groups in total. The van der Waals surface area contributed by atoms with Crippen LogP contribution >= 0.6 is 11.6 Å². The van der Waals surface area contributed by atoms with Gasteiger partial charge in [-0.25, -0.2) is 4.39 Å². The van der Waals surface area contributed by atoms with Crippen LogP contribution in [-0.4, -0.2) is 53.7 Å². The van der Waals surface area contributed by atoms with Gasteiger partial charge in [0, 0.05) is 31.1 Å². The molecule has 8 heteroatoms. The Morgan fingerprint density at radius 2 is 2.25 bits per heavy atom. The van der Waals surface area contributed by atoms with Crippen molar-refractivity contribution in [2.24, 2.45) is 5.41 Å². The summed E-state index contributed by atoms with van der Waals surface area (Å²) in [5, 5.41) is 10.0. The SMILES string of the molecule is COCC1(C(=O)O)CCN(C(=O)c2[nH]c3ccc(F)cc3c2Cl)C1. The van der Waals surface area contributed by atoms with E-state index in [0.29, 0.717) is 17.3 Å². The van der Waals surface area contributed by atoms with Crippen LogP contribution in [0.25, 0.3) is 10.9 Å². The van der Waals surface area contributed by atoms with Gasteiger partial charge in [-0.1, -0.05) is 11.6 Å². The molecule has 0 aliphatic carbocycles. The summed E-state index contributed by atoms with van der Waals surface area (Å²) < 4.78 is 18.4. The van der Waals surface area contributed by atoms with Gasteiger partial charge >= 0.3 is 5.97 Å². The Morgan fingerprint density at radius 3 is 2.92 bits per heavy atom. The maximum atomic E-state index is 13.4. The second kappa shape index (κ2) is 6.07. The molecule has 0 bridgehead atoms. The van der Waals surface area contributed by atoms with Crippen LogP contribution in [0.1, 0.15) is 16.9 Å². The lowest BCUT2D eigenvalue weighted by atomic mass is 9.88. The predicted molar refractivity (Wildman–Crippen MR) is 85.7 cm³/mol. The standard InChI is InChI=1S/C16H16ClFN2O4/c1-24-8-16(15(22)23)4-5-20(7-16)14(21)13-12(17)10-6-9(18)2-3-11(10)19-13/h2-3,6,19H,4-5,7-8H2,1H3,(H,22,23). The van der Waals surface area contributed by atoms with Gasteiger partial charge in [-0.15, -0.1) is 0 Å². The Labute approximate surface area is 142 Å². The number of amides is 1. The average Bonchev–Trinajstić information content (AvgIpc) is 3.11. The third-order valence-corrected chi connectivity index (χ3v) is 4.82. The van der Waals surface area contributed by atoms with Crippen molar-refractivity contribution in [2.75, 3.05) is 26.8 Å². The minimum absolute atomic E-state index is 0.0256. The van der Waals surface area contributed by atoms with Crippen LogP contribution in [0.15, 0.2) is 18.2 Å². The third-order valence-electron chi connectivity index (χ3n) is 4.43. The van der Waals surface area contributed by atoms with Gasteiger partial charge in [0.15, 0.2) is 0 Å². The van der Waals surface area contributed by atoms with E-state index < -0.39 is 23.1 Å². The van der Waals surface area contributed by atoms with Crippen LogP contribution in [0.3, 0.4) is 0 Å². The normalized spacial score (nSPS) is 20.7. The number of rotatable bonds is 4. The van der Waals surface area contributed by atoms with Crippen molar-refractivity contribution in [3.63, 3.8) is 0 Å². The molecule has 1 aliphatic rings. The number of aromatic amines is 1. The summed E-state index contributed by atoms with van der Waals surface area (Å²) in [5.41, 5.74) is -0.434. The molecular formula is C16H16ClFN2O4. The quantitative estimate of drug-likeness (QED) is 0.883. The monoisotopic (exact) mass is 354 g/mol. The largest absolute Gasteiger partial charge is 0.481 e. The lowest BCUT2D eigenvalue weighted by Crippen LogP contribution is -2.40. The number of ether oxygens (including phenoxy) is 1. The number of aromatic nitrogens is 1. The number of carboxylic acid groups (broad SMARTS) is 1. The van der Waals surface area contributed by atoms with Gasteiger partial charge in [-0.05, 0) is 24.6 Å². The topological polar surface area (TPSA) is 82.6 Å². The van der Waals surface area contributed by atoms with Gasteiger partial charge in [0.05, 0.1) is 11.6 Å². The number of nitrogens with zero attached hydrogens (tertiary/aromatic N) is 1. The molecular weight excluding hydrogens is 339 g/mol. The van der Waals surface area contributed by atoms with Gasteiger partial charge in [-0.2, -0.15) is 0 Å². The van der Waals surface area contributed by atoms with E-state index in [9.17, 15) is 19.1 Å². The molecule has 3 rings (SSSR count). The van der Waals surface area contributed by atoms with E-state index in [2.05, 4.69) is 4.98 Å². The Hall–Kier alpha value is -2.12. The molecule has 24 heavy (non-hydrogen) atoms. The molecule has 2 heterocycles. The number of carbonyl (C=O) groups excluding carboxylic acids is 1. The Bertz CT molecular complexity index is 822. The first-order valence-electron chi connectivity index (χ1n) is 7.36. The molecule has 1 unspecified atom stereocenters. The molecule has 1 aliphatic heterocycles. The minimum atomic E-state index is -1.12. The summed E-state index contributed by atoms with van der Waals surface area (Å²) in [6, 6.07) is 4.03. The van der Waals surface area contributed by atoms with Crippen molar-refractivity contribution in [3.05, 3.63) is 34.7 Å². The number of nitrogens with one attached hydrogen (secondary N) is 1. The van der Waals surface area contributed by atoms with Crippen molar-refractivity contribution < 1.29 is 23.8 Å². The number of methoxy groups -OCH3 is 1. The molecule has 0 saturated carbocycles. The number of benzene rings is 1. The van der Waals surface area contributed by atoms with Crippen LogP contribution in [-0.2, 0) is 9.53 Å². The second-order valence-corrected chi connectivity index (χ2v) is 6.38. The first-order chi connectivity index (χ1) is 11.4. The van der Waals surface area contributed by atoms with E-state index in [4.69, 9.17) is 16.3 Å². The summed E-state index contributed by atoms with van der Waals surface area (Å²) in [6.45, 7) is 0.349. The number of hydrogen-bond acceptors (Lipinski definition) is 3. The van der Waals surface area contributed by atoms with Crippen LogP contribution in [0.4, 0.5) is 4.39 Å². The molecule has 1 saturated heterocycles. The van der Waals surface area contributed by atoms with Crippen molar-refractivity contribution in [3.8, 4) is 0 Å². The summed E-state index contributed by atoms with van der Waals surface area (Å²) in [7, 11) is 1.43. The molecule has 0 radical (unpaired) electrons. The number of carbonyl (C=O) groups is 2. The molecule has 1 amide bonds. The van der Waals surface area contributed by atoms with E-state index in [1.54, 1.807) is 0 Å². The molecule has 1 atom stereocenters. The van der Waals surface area contributed by atoms with Crippen LogP contribution in [0.2, 0.25) is 5.02 Å². The number of aliphatic carboxylic acids is 1. The fourth-order valence-corrected chi connectivity index (χ4v) is 3.40. The Balaban J connectivity index is 1.90. The smallest absolute Gasteiger partial charge is 0.313 e. The van der Waals surface area contributed by atoms with Crippen molar-refractivity contribution in [1.29, 1.82) is 0 Å². The fourth-order valence-electron chi connectivity index (χ4n) is 3.11. The van der Waals surface area contributed by atoms with Gasteiger partial charge in [-0.3, -0.25) is 9.59 Å². The number of H-pyrrole nitrogens is 1. The maximum Gasteiger partial charge on any atom is 0.313 e. The zero-order valence-corrected chi connectivity index (χ0v) is 13.7. The number of halogens is 2. The van der Waals surface area contributed by atoms with Crippen LogP contribution in [0.5, 0.6) is 0 Å². The highest BCUT2D eigenvalue weighted by atomic mass is 35.5. The zero-order chi connectivity index (χ0) is 17.5. The summed E-state index contributed by atoms with van der Waals surface area (Å²) in [6.07, 6.45) is 0.300. The second-order valence-electron chi connectivity index (χ2n) is 6.00. The summed E-state index contributed by atoms with van der Waals surface area (Å²) in [4.78, 5) is 28.6. The van der Waals surface area contributed by atoms with Crippen molar-refractivity contribution >= 4 is 34.4 Å². The predicted octanol–water partition coefficient (Wildman–Crippen LogP) is 2.52. The molecule has 1 aromatic heterocycles. The molecule has 2 aromatic rings. The third kappa shape index (κ3) is 2.63. The number of likely N-dealkylation sites (tertiary alicyclic amines) is 1. The lowest BCUT2D eigenvalue weighted by molar-refractivity contribution is -0.151. The molecule has 1 fully saturated rings. The highest BCUT2D eigenvalue weighted by molar-refractivity contribution is 6.38. The number of hydrogen-bond donors (Lipinski definition) is 2. The molecule has 1 aromatic carbocycles. The summed E-state index contributed by atoms with van der Waals surface area (Å²) >= 11 is 6.21. The van der Waals surface area contributed by atoms with Gasteiger partial charge in [0.2, 0.25) is 0 Å². The average molecular weight is 355 g/mol. The number of carboxylic acids is 1. The van der Waals surface area contributed by atoms with E-state index in [0.717, 1.165) is 0 Å². The van der Waals surface area contributed by atoms with Crippen molar-refractivity contribution in [1.82, 2.24) is 9.88 Å². The minimum Gasteiger partial charge on any atom is -0.481 e. The van der Waals surface area contributed by atoms with E-state index in [1.807, 2.05) is 0 Å². The summed E-state index contributed by atoms with van der Waals surface area (Å²) in [5.74, 6) is -1.85. The highest BCUT2D eigenvalue weighted by Gasteiger charge is 2.47. The van der Waals surface area contributed by atoms with Gasteiger partial charge in [0.1, 0.15) is 16.9 Å². The number of fused-ring (bicyclic) bond motifs is 1. The highest BCUT2D eigenvalue weighted by Crippen LogP contribution is 2.34. The molecule has 6 nitrogen and oxygen atoms in total.